The van der Waals surface area contributed by atoms with Crippen molar-refractivity contribution in [2.75, 3.05) is 11.8 Å². The minimum atomic E-state index is -3.92. The highest BCUT2D eigenvalue weighted by Crippen LogP contribution is 2.26. The van der Waals surface area contributed by atoms with Crippen molar-refractivity contribution in [2.45, 2.75) is 18.4 Å². The molecule has 3 aromatic rings. The van der Waals surface area contributed by atoms with Crippen molar-refractivity contribution < 1.29 is 17.6 Å². The summed E-state index contributed by atoms with van der Waals surface area (Å²) in [5.41, 5.74) is 2.05. The Morgan fingerprint density at radius 1 is 1.14 bits per heavy atom. The van der Waals surface area contributed by atoms with Gasteiger partial charge in [0.15, 0.2) is 0 Å². The number of nitrogens with one attached hydrogen (secondary N) is 1. The molecule has 0 fully saturated rings. The maximum atomic E-state index is 13.4. The van der Waals surface area contributed by atoms with Crippen LogP contribution in [0.25, 0.3) is 0 Å². The predicted octanol–water partition coefficient (Wildman–Crippen LogP) is 4.27. The molecule has 0 saturated carbocycles. The number of aryl methyl sites for hydroxylation is 1. The van der Waals surface area contributed by atoms with Gasteiger partial charge in [-0.2, -0.15) is 0 Å². The van der Waals surface area contributed by atoms with E-state index < -0.39 is 15.9 Å². The van der Waals surface area contributed by atoms with Crippen LogP contribution in [-0.2, 0) is 16.6 Å². The van der Waals surface area contributed by atoms with Crippen LogP contribution < -0.4 is 4.72 Å². The van der Waals surface area contributed by atoms with E-state index in [0.29, 0.717) is 11.3 Å². The molecule has 0 aliphatic carbocycles. The zero-order valence-corrected chi connectivity index (χ0v) is 17.0. The molecule has 1 aromatic heterocycles. The van der Waals surface area contributed by atoms with Crippen LogP contribution in [-0.4, -0.2) is 26.3 Å². The predicted molar refractivity (Wildman–Crippen MR) is 109 cm³/mol. The topological polar surface area (TPSA) is 66.5 Å². The first kappa shape index (κ1) is 20.0. The van der Waals surface area contributed by atoms with Gasteiger partial charge in [0.1, 0.15) is 15.6 Å². The second kappa shape index (κ2) is 8.12. The molecule has 0 atom stereocenters. The van der Waals surface area contributed by atoms with Gasteiger partial charge >= 0.3 is 0 Å². The minimum absolute atomic E-state index is 0.0748. The zero-order chi connectivity index (χ0) is 20.3. The summed E-state index contributed by atoms with van der Waals surface area (Å²) in [6, 6.07) is 14.3. The van der Waals surface area contributed by atoms with Crippen LogP contribution in [0.1, 0.15) is 20.8 Å². The molecule has 28 heavy (non-hydrogen) atoms. The van der Waals surface area contributed by atoms with E-state index in [1.54, 1.807) is 48.8 Å². The molecular weight excluding hydrogens is 399 g/mol. The molecule has 0 unspecified atom stereocenters. The smallest absolute Gasteiger partial charge is 0.265 e. The quantitative estimate of drug-likeness (QED) is 0.650. The Hall–Kier alpha value is -2.71. The van der Waals surface area contributed by atoms with Gasteiger partial charge in [0, 0.05) is 19.3 Å². The largest absolute Gasteiger partial charge is 0.337 e. The molecule has 0 aliphatic heterocycles. The van der Waals surface area contributed by atoms with Gasteiger partial charge in [-0.25, -0.2) is 12.8 Å². The molecule has 1 N–H and O–H groups in total. The Morgan fingerprint density at radius 2 is 1.86 bits per heavy atom. The van der Waals surface area contributed by atoms with Crippen molar-refractivity contribution in [1.82, 2.24) is 4.90 Å². The van der Waals surface area contributed by atoms with Crippen LogP contribution in [0, 0.1) is 12.7 Å². The number of benzene rings is 2. The highest BCUT2D eigenvalue weighted by atomic mass is 32.2. The lowest BCUT2D eigenvalue weighted by atomic mass is 10.2. The van der Waals surface area contributed by atoms with Gasteiger partial charge in [0.05, 0.1) is 0 Å². The first-order valence-electron chi connectivity index (χ1n) is 8.43. The molecule has 5 nitrogen and oxygen atoms in total. The third kappa shape index (κ3) is 4.58. The number of amides is 1. The molecule has 146 valence electrons. The third-order valence-electron chi connectivity index (χ3n) is 4.07. The average Bonchev–Trinajstić information content (AvgIpc) is 3.13. The van der Waals surface area contributed by atoms with Gasteiger partial charge in [0.2, 0.25) is 0 Å². The number of nitrogens with zero attached hydrogens (tertiary/aromatic N) is 1. The lowest BCUT2D eigenvalue weighted by Gasteiger charge is -2.17. The SMILES string of the molecule is Cc1ccc(NS(=O)(=O)c2ccsc2C(=O)N(C)Cc2cccc(F)c2)cc1. The van der Waals surface area contributed by atoms with Gasteiger partial charge in [-0.15, -0.1) is 11.3 Å². The molecule has 0 aliphatic rings. The van der Waals surface area contributed by atoms with E-state index in [1.807, 2.05) is 6.92 Å². The van der Waals surface area contributed by atoms with Crippen molar-refractivity contribution in [1.29, 1.82) is 0 Å². The Bertz CT molecular complexity index is 1090. The van der Waals surface area contributed by atoms with Crippen LogP contribution >= 0.6 is 11.3 Å². The Labute approximate surface area is 167 Å². The normalized spacial score (nSPS) is 11.2. The summed E-state index contributed by atoms with van der Waals surface area (Å²) >= 11 is 1.06. The van der Waals surface area contributed by atoms with E-state index in [4.69, 9.17) is 0 Å². The number of thiophene rings is 1. The number of sulfonamides is 1. The Morgan fingerprint density at radius 3 is 2.54 bits per heavy atom. The van der Waals surface area contributed by atoms with E-state index in [9.17, 15) is 17.6 Å². The third-order valence-corrected chi connectivity index (χ3v) is 6.53. The Kier molecular flexibility index (Phi) is 5.81. The number of rotatable bonds is 6. The molecule has 2 aromatic carbocycles. The summed E-state index contributed by atoms with van der Waals surface area (Å²) in [7, 11) is -2.37. The number of halogens is 1. The van der Waals surface area contributed by atoms with Gasteiger partial charge in [0.25, 0.3) is 15.9 Å². The fraction of sp³-hybridized carbons (Fsp3) is 0.150. The summed E-state index contributed by atoms with van der Waals surface area (Å²) in [6.45, 7) is 2.07. The maximum Gasteiger partial charge on any atom is 0.265 e. The zero-order valence-electron chi connectivity index (χ0n) is 15.3. The van der Waals surface area contributed by atoms with Crippen molar-refractivity contribution in [3.63, 3.8) is 0 Å². The molecule has 3 rings (SSSR count). The monoisotopic (exact) mass is 418 g/mol. The van der Waals surface area contributed by atoms with Gasteiger partial charge < -0.3 is 4.90 Å². The first-order valence-corrected chi connectivity index (χ1v) is 10.8. The van der Waals surface area contributed by atoms with Crippen LogP contribution in [0.5, 0.6) is 0 Å². The lowest BCUT2D eigenvalue weighted by molar-refractivity contribution is 0.0786. The average molecular weight is 419 g/mol. The number of anilines is 1. The summed E-state index contributed by atoms with van der Waals surface area (Å²) in [5.74, 6) is -0.830. The van der Waals surface area contributed by atoms with E-state index in [1.165, 1.54) is 23.1 Å². The molecule has 1 amide bonds. The van der Waals surface area contributed by atoms with Gasteiger partial charge in [-0.1, -0.05) is 29.8 Å². The molecule has 0 radical (unpaired) electrons. The number of carbonyl (C=O) groups excluding carboxylic acids is 1. The minimum Gasteiger partial charge on any atom is -0.337 e. The van der Waals surface area contributed by atoms with E-state index in [0.717, 1.165) is 16.9 Å². The van der Waals surface area contributed by atoms with Crippen molar-refractivity contribution >= 4 is 33.0 Å². The van der Waals surface area contributed by atoms with Crippen molar-refractivity contribution in [3.8, 4) is 0 Å². The summed E-state index contributed by atoms with van der Waals surface area (Å²) in [5, 5.41) is 1.56. The molecule has 0 bridgehead atoms. The number of carbonyl (C=O) groups is 1. The summed E-state index contributed by atoms with van der Waals surface area (Å²) in [4.78, 5) is 14.2. The number of hydrogen-bond acceptors (Lipinski definition) is 4. The van der Waals surface area contributed by atoms with Crippen molar-refractivity contribution in [3.05, 3.63) is 81.8 Å². The standard InChI is InChI=1S/C20H19FN2O3S2/c1-14-6-8-17(9-7-14)22-28(25,26)18-10-11-27-19(18)20(24)23(2)13-15-4-3-5-16(21)12-15/h3-12,22H,13H2,1-2H3. The highest BCUT2D eigenvalue weighted by molar-refractivity contribution is 7.93. The van der Waals surface area contributed by atoms with Gasteiger partial charge in [-0.05, 0) is 48.2 Å². The first-order chi connectivity index (χ1) is 13.3. The molecule has 8 heteroatoms. The van der Waals surface area contributed by atoms with Gasteiger partial charge in [-0.3, -0.25) is 9.52 Å². The fourth-order valence-corrected chi connectivity index (χ4v) is 5.13. The maximum absolute atomic E-state index is 13.4. The lowest BCUT2D eigenvalue weighted by Crippen LogP contribution is -2.27. The van der Waals surface area contributed by atoms with E-state index in [-0.39, 0.29) is 22.1 Å². The molecule has 1 heterocycles. The fourth-order valence-electron chi connectivity index (χ4n) is 2.65. The number of hydrogen-bond donors (Lipinski definition) is 1. The molecule has 0 saturated heterocycles. The summed E-state index contributed by atoms with van der Waals surface area (Å²) in [6.07, 6.45) is 0. The van der Waals surface area contributed by atoms with E-state index in [2.05, 4.69) is 4.72 Å². The van der Waals surface area contributed by atoms with Crippen LogP contribution in [0.3, 0.4) is 0 Å². The highest BCUT2D eigenvalue weighted by Gasteiger charge is 2.26. The molecular formula is C20H19FN2O3S2. The second-order valence-corrected chi connectivity index (χ2v) is 8.94. The molecule has 0 spiro atoms. The van der Waals surface area contributed by atoms with Crippen LogP contribution in [0.15, 0.2) is 64.9 Å². The van der Waals surface area contributed by atoms with Crippen LogP contribution in [0.2, 0.25) is 0 Å². The summed E-state index contributed by atoms with van der Waals surface area (Å²) < 4.78 is 41.4. The second-order valence-electron chi connectivity index (χ2n) is 6.38. The van der Waals surface area contributed by atoms with E-state index >= 15 is 0 Å². The Balaban J connectivity index is 1.81. The van der Waals surface area contributed by atoms with Crippen molar-refractivity contribution in [2.24, 2.45) is 0 Å². The van der Waals surface area contributed by atoms with Crippen LogP contribution in [0.4, 0.5) is 10.1 Å².